The van der Waals surface area contributed by atoms with E-state index in [1.165, 1.54) is 55.5 Å². The number of aromatic nitrogens is 2. The molecule has 0 N–H and O–H groups in total. The topological polar surface area (TPSA) is 29.0 Å². The number of pyridine rings is 2. The molecule has 0 aromatic carbocycles. The Morgan fingerprint density at radius 1 is 1.05 bits per heavy atom. The number of hydrogen-bond acceptors (Lipinski definition) is 3. The maximum Gasteiger partial charge on any atom is 0.0709 e. The summed E-state index contributed by atoms with van der Waals surface area (Å²) in [4.78, 5) is 11.5. The third-order valence-electron chi connectivity index (χ3n) is 4.23. The predicted molar refractivity (Wildman–Crippen MR) is 86.0 cm³/mol. The van der Waals surface area contributed by atoms with Crippen molar-refractivity contribution >= 4 is 0 Å². The first-order valence-electron chi connectivity index (χ1n) is 7.92. The van der Waals surface area contributed by atoms with Crippen LogP contribution >= 0.6 is 0 Å². The molecule has 3 rings (SSSR count). The zero-order valence-corrected chi connectivity index (χ0v) is 12.8. The summed E-state index contributed by atoms with van der Waals surface area (Å²) in [5.41, 5.74) is 4.83. The lowest BCUT2D eigenvalue weighted by atomic mass is 10.0. The van der Waals surface area contributed by atoms with Crippen molar-refractivity contribution in [1.29, 1.82) is 0 Å². The van der Waals surface area contributed by atoms with Crippen molar-refractivity contribution < 1.29 is 0 Å². The lowest BCUT2D eigenvalue weighted by Gasteiger charge is -2.22. The minimum absolute atomic E-state index is 0.987. The minimum Gasteiger partial charge on any atom is -0.299 e. The normalized spacial score (nSPS) is 16.6. The van der Waals surface area contributed by atoms with Crippen molar-refractivity contribution in [2.24, 2.45) is 0 Å². The zero-order chi connectivity index (χ0) is 14.5. The molecule has 0 radical (unpaired) electrons. The fourth-order valence-electron chi connectivity index (χ4n) is 3.15. The summed E-state index contributed by atoms with van der Waals surface area (Å²) in [6.45, 7) is 5.52. The maximum atomic E-state index is 4.54. The van der Waals surface area contributed by atoms with Gasteiger partial charge in [-0.25, -0.2) is 0 Å². The van der Waals surface area contributed by atoms with Crippen molar-refractivity contribution in [3.05, 3.63) is 47.9 Å². The van der Waals surface area contributed by atoms with Crippen LogP contribution in [0.2, 0.25) is 0 Å². The van der Waals surface area contributed by atoms with E-state index < -0.39 is 0 Å². The number of aryl methyl sites for hydroxylation is 1. The van der Waals surface area contributed by atoms with Crippen molar-refractivity contribution in [3.63, 3.8) is 0 Å². The van der Waals surface area contributed by atoms with E-state index in [1.54, 1.807) is 0 Å². The van der Waals surface area contributed by atoms with E-state index in [4.69, 9.17) is 0 Å². The van der Waals surface area contributed by atoms with Gasteiger partial charge < -0.3 is 0 Å². The summed E-state index contributed by atoms with van der Waals surface area (Å²) in [7, 11) is 0. The standard InChI is InChI=1S/C18H23N3/c1-15-12-19-13-16(14-21-10-6-2-3-7-11-21)18(15)17-8-4-5-9-20-17/h4-5,8-9,12-13H,2-3,6-7,10-11,14H2,1H3. The second-order valence-electron chi connectivity index (χ2n) is 5.90. The molecule has 0 bridgehead atoms. The Balaban J connectivity index is 1.89. The summed E-state index contributed by atoms with van der Waals surface area (Å²) in [6, 6.07) is 6.11. The van der Waals surface area contributed by atoms with Crippen LogP contribution in [0.25, 0.3) is 11.3 Å². The molecule has 0 unspecified atom stereocenters. The molecule has 3 nitrogen and oxygen atoms in total. The van der Waals surface area contributed by atoms with Gasteiger partial charge in [0.25, 0.3) is 0 Å². The van der Waals surface area contributed by atoms with Gasteiger partial charge in [-0.05, 0) is 56.1 Å². The van der Waals surface area contributed by atoms with Gasteiger partial charge >= 0.3 is 0 Å². The van der Waals surface area contributed by atoms with Gasteiger partial charge in [0.05, 0.1) is 5.69 Å². The maximum absolute atomic E-state index is 4.54. The first-order chi connectivity index (χ1) is 10.3. The van der Waals surface area contributed by atoms with E-state index >= 15 is 0 Å². The molecule has 1 aliphatic rings. The molecule has 0 amide bonds. The molecular weight excluding hydrogens is 258 g/mol. The monoisotopic (exact) mass is 281 g/mol. The van der Waals surface area contributed by atoms with Crippen LogP contribution in [-0.2, 0) is 6.54 Å². The van der Waals surface area contributed by atoms with E-state index in [-0.39, 0.29) is 0 Å². The molecule has 0 atom stereocenters. The largest absolute Gasteiger partial charge is 0.299 e. The highest BCUT2D eigenvalue weighted by molar-refractivity contribution is 5.66. The molecule has 0 aliphatic carbocycles. The third kappa shape index (κ3) is 3.48. The molecule has 110 valence electrons. The fraction of sp³-hybridized carbons (Fsp3) is 0.444. The van der Waals surface area contributed by atoms with E-state index in [1.807, 2.05) is 24.7 Å². The van der Waals surface area contributed by atoms with E-state index in [9.17, 15) is 0 Å². The molecule has 3 heterocycles. The molecule has 21 heavy (non-hydrogen) atoms. The summed E-state index contributed by atoms with van der Waals surface area (Å²) >= 11 is 0. The van der Waals surface area contributed by atoms with Crippen LogP contribution in [0.1, 0.15) is 36.8 Å². The number of likely N-dealkylation sites (tertiary alicyclic amines) is 1. The quantitative estimate of drug-likeness (QED) is 0.856. The van der Waals surface area contributed by atoms with Gasteiger partial charge in [-0.1, -0.05) is 18.9 Å². The molecule has 1 fully saturated rings. The van der Waals surface area contributed by atoms with Crippen molar-refractivity contribution in [2.45, 2.75) is 39.2 Å². The summed E-state index contributed by atoms with van der Waals surface area (Å²) in [6.07, 6.45) is 11.2. The van der Waals surface area contributed by atoms with Crippen LogP contribution in [0.5, 0.6) is 0 Å². The van der Waals surface area contributed by atoms with Gasteiger partial charge in [0.2, 0.25) is 0 Å². The Labute approximate surface area is 127 Å². The molecule has 1 saturated heterocycles. The Morgan fingerprint density at radius 3 is 2.57 bits per heavy atom. The first kappa shape index (κ1) is 14.2. The summed E-state index contributed by atoms with van der Waals surface area (Å²) in [5.74, 6) is 0. The first-order valence-corrected chi connectivity index (χ1v) is 7.92. The van der Waals surface area contributed by atoms with Crippen molar-refractivity contribution in [2.75, 3.05) is 13.1 Å². The third-order valence-corrected chi connectivity index (χ3v) is 4.23. The van der Waals surface area contributed by atoms with Crippen LogP contribution in [0.3, 0.4) is 0 Å². The molecule has 3 heteroatoms. The number of rotatable bonds is 3. The van der Waals surface area contributed by atoms with E-state index in [2.05, 4.69) is 33.9 Å². The van der Waals surface area contributed by atoms with Crippen LogP contribution in [0.15, 0.2) is 36.8 Å². The summed E-state index contributed by atoms with van der Waals surface area (Å²) < 4.78 is 0. The van der Waals surface area contributed by atoms with Crippen molar-refractivity contribution in [3.8, 4) is 11.3 Å². The molecule has 1 aliphatic heterocycles. The van der Waals surface area contributed by atoms with Crippen LogP contribution in [-0.4, -0.2) is 28.0 Å². The Kier molecular flexibility index (Phi) is 4.61. The van der Waals surface area contributed by atoms with Gasteiger partial charge in [0.1, 0.15) is 0 Å². The summed E-state index contributed by atoms with van der Waals surface area (Å²) in [5, 5.41) is 0. The van der Waals surface area contributed by atoms with Crippen molar-refractivity contribution in [1.82, 2.24) is 14.9 Å². The van der Waals surface area contributed by atoms with Gasteiger partial charge in [0.15, 0.2) is 0 Å². The Morgan fingerprint density at radius 2 is 1.86 bits per heavy atom. The fourth-order valence-corrected chi connectivity index (χ4v) is 3.15. The molecule has 0 saturated carbocycles. The second kappa shape index (κ2) is 6.81. The average Bonchev–Trinajstić information content (AvgIpc) is 2.77. The highest BCUT2D eigenvalue weighted by atomic mass is 15.1. The van der Waals surface area contributed by atoms with Gasteiger partial charge in [0, 0.05) is 30.7 Å². The van der Waals surface area contributed by atoms with E-state index in [0.717, 1.165) is 12.2 Å². The highest BCUT2D eigenvalue weighted by Crippen LogP contribution is 2.26. The second-order valence-corrected chi connectivity index (χ2v) is 5.90. The zero-order valence-electron chi connectivity index (χ0n) is 12.8. The van der Waals surface area contributed by atoms with Crippen LogP contribution in [0.4, 0.5) is 0 Å². The number of nitrogens with zero attached hydrogens (tertiary/aromatic N) is 3. The SMILES string of the molecule is Cc1cncc(CN2CCCCCC2)c1-c1ccccn1. The van der Waals surface area contributed by atoms with E-state index in [0.29, 0.717) is 0 Å². The number of hydrogen-bond donors (Lipinski definition) is 0. The molecular formula is C18H23N3. The van der Waals surface area contributed by atoms with Gasteiger partial charge in [-0.15, -0.1) is 0 Å². The van der Waals surface area contributed by atoms with Gasteiger partial charge in [-0.2, -0.15) is 0 Å². The highest BCUT2D eigenvalue weighted by Gasteiger charge is 2.14. The molecule has 2 aromatic rings. The lowest BCUT2D eigenvalue weighted by molar-refractivity contribution is 0.277. The van der Waals surface area contributed by atoms with Crippen LogP contribution < -0.4 is 0 Å². The molecule has 0 spiro atoms. The van der Waals surface area contributed by atoms with Crippen LogP contribution in [0, 0.1) is 6.92 Å². The smallest absolute Gasteiger partial charge is 0.0709 e. The Hall–Kier alpha value is -1.74. The predicted octanol–water partition coefficient (Wildman–Crippen LogP) is 3.83. The van der Waals surface area contributed by atoms with Gasteiger partial charge in [-0.3, -0.25) is 14.9 Å². The average molecular weight is 281 g/mol. The molecule has 2 aromatic heterocycles. The minimum atomic E-state index is 0.987. The lowest BCUT2D eigenvalue weighted by Crippen LogP contribution is -2.24. The Bertz CT molecular complexity index is 572.